The van der Waals surface area contributed by atoms with Crippen LogP contribution in [0, 0.1) is 0 Å². The maximum Gasteiger partial charge on any atom is 0.261 e. The SMILES string of the molecule is NC(=O)c1ccc(NS(=O)(=O)c2ccc(CCCCl)cc2)cc1. The molecule has 1 amide bonds. The number of alkyl halides is 1. The second-order valence-corrected chi connectivity index (χ2v) is 7.04. The topological polar surface area (TPSA) is 89.3 Å². The van der Waals surface area contributed by atoms with Crippen LogP contribution in [0.3, 0.4) is 0 Å². The highest BCUT2D eigenvalue weighted by Crippen LogP contribution is 2.17. The van der Waals surface area contributed by atoms with E-state index in [1.165, 1.54) is 24.3 Å². The molecule has 0 aliphatic heterocycles. The van der Waals surface area contributed by atoms with Crippen LogP contribution < -0.4 is 10.5 Å². The third-order valence-corrected chi connectivity index (χ3v) is 4.92. The molecular weight excluding hydrogens is 336 g/mol. The van der Waals surface area contributed by atoms with E-state index in [1.54, 1.807) is 24.3 Å². The van der Waals surface area contributed by atoms with Crippen LogP contribution >= 0.6 is 11.6 Å². The molecule has 0 aliphatic carbocycles. The molecule has 3 N–H and O–H groups in total. The Kier molecular flexibility index (Phi) is 5.63. The third kappa shape index (κ3) is 4.71. The van der Waals surface area contributed by atoms with Gasteiger partial charge in [0.05, 0.1) is 4.90 Å². The molecule has 0 bridgehead atoms. The van der Waals surface area contributed by atoms with E-state index in [1.807, 2.05) is 0 Å². The van der Waals surface area contributed by atoms with Crippen LogP contribution in [0.4, 0.5) is 5.69 Å². The van der Waals surface area contributed by atoms with Gasteiger partial charge in [0.2, 0.25) is 5.91 Å². The number of amides is 1. The van der Waals surface area contributed by atoms with Gasteiger partial charge in [0, 0.05) is 17.1 Å². The van der Waals surface area contributed by atoms with Gasteiger partial charge in [0.15, 0.2) is 0 Å². The fourth-order valence-electron chi connectivity index (χ4n) is 2.02. The normalized spacial score (nSPS) is 11.2. The number of hydrogen-bond donors (Lipinski definition) is 2. The molecule has 0 fully saturated rings. The minimum Gasteiger partial charge on any atom is -0.366 e. The second kappa shape index (κ2) is 7.48. The van der Waals surface area contributed by atoms with Crippen LogP contribution in [0.5, 0.6) is 0 Å². The maximum absolute atomic E-state index is 12.3. The van der Waals surface area contributed by atoms with E-state index in [9.17, 15) is 13.2 Å². The summed E-state index contributed by atoms with van der Waals surface area (Å²) >= 11 is 5.64. The van der Waals surface area contributed by atoms with Gasteiger partial charge in [-0.3, -0.25) is 9.52 Å². The summed E-state index contributed by atoms with van der Waals surface area (Å²) in [5.74, 6) is 0.00931. The van der Waals surface area contributed by atoms with E-state index < -0.39 is 15.9 Å². The van der Waals surface area contributed by atoms with Crippen LogP contribution in [0.15, 0.2) is 53.4 Å². The monoisotopic (exact) mass is 352 g/mol. The van der Waals surface area contributed by atoms with E-state index in [0.717, 1.165) is 18.4 Å². The molecule has 2 aromatic carbocycles. The Bertz CT molecular complexity index is 772. The van der Waals surface area contributed by atoms with Crippen LogP contribution in [0.25, 0.3) is 0 Å². The number of nitrogens with two attached hydrogens (primary N) is 1. The first-order chi connectivity index (χ1) is 10.9. The van der Waals surface area contributed by atoms with Crippen molar-refractivity contribution in [3.05, 3.63) is 59.7 Å². The molecule has 5 nitrogen and oxygen atoms in total. The predicted molar refractivity (Wildman–Crippen MR) is 91.3 cm³/mol. The number of halogens is 1. The largest absolute Gasteiger partial charge is 0.366 e. The first kappa shape index (κ1) is 17.3. The molecule has 0 atom stereocenters. The van der Waals surface area contributed by atoms with Gasteiger partial charge < -0.3 is 5.73 Å². The van der Waals surface area contributed by atoms with Crippen molar-refractivity contribution in [2.75, 3.05) is 10.6 Å². The summed E-state index contributed by atoms with van der Waals surface area (Å²) in [4.78, 5) is 11.2. The van der Waals surface area contributed by atoms with Gasteiger partial charge in [-0.05, 0) is 54.8 Å². The molecule has 23 heavy (non-hydrogen) atoms. The average Bonchev–Trinajstić information content (AvgIpc) is 2.53. The van der Waals surface area contributed by atoms with Crippen molar-refractivity contribution in [2.45, 2.75) is 17.7 Å². The molecule has 0 aromatic heterocycles. The lowest BCUT2D eigenvalue weighted by Gasteiger charge is -2.09. The Hall–Kier alpha value is -2.05. The molecule has 2 rings (SSSR count). The molecule has 0 aliphatic rings. The van der Waals surface area contributed by atoms with Crippen molar-refractivity contribution in [1.29, 1.82) is 0 Å². The van der Waals surface area contributed by atoms with Crippen LogP contribution in [0.1, 0.15) is 22.3 Å². The van der Waals surface area contributed by atoms with E-state index in [-0.39, 0.29) is 4.90 Å². The summed E-state index contributed by atoms with van der Waals surface area (Å²) in [6.45, 7) is 0. The van der Waals surface area contributed by atoms with Crippen molar-refractivity contribution in [1.82, 2.24) is 0 Å². The Morgan fingerprint density at radius 2 is 1.65 bits per heavy atom. The molecule has 2 aromatic rings. The summed E-state index contributed by atoms with van der Waals surface area (Å²) in [6, 6.07) is 12.6. The highest BCUT2D eigenvalue weighted by Gasteiger charge is 2.14. The molecule has 0 unspecified atom stereocenters. The molecule has 0 saturated carbocycles. The Labute approximate surface area is 140 Å². The lowest BCUT2D eigenvalue weighted by molar-refractivity contribution is 0.100. The molecule has 0 saturated heterocycles. The molecule has 0 radical (unpaired) electrons. The van der Waals surface area contributed by atoms with Gasteiger partial charge in [-0.25, -0.2) is 8.42 Å². The van der Waals surface area contributed by atoms with Crippen LogP contribution in [-0.2, 0) is 16.4 Å². The Morgan fingerprint density at radius 1 is 1.04 bits per heavy atom. The van der Waals surface area contributed by atoms with Crippen molar-refractivity contribution in [3.8, 4) is 0 Å². The van der Waals surface area contributed by atoms with Crippen molar-refractivity contribution in [3.63, 3.8) is 0 Å². The van der Waals surface area contributed by atoms with Crippen LogP contribution in [0.2, 0.25) is 0 Å². The number of hydrogen-bond acceptors (Lipinski definition) is 3. The fraction of sp³-hybridized carbons (Fsp3) is 0.188. The van der Waals surface area contributed by atoms with Gasteiger partial charge in [-0.1, -0.05) is 12.1 Å². The van der Waals surface area contributed by atoms with Crippen molar-refractivity contribution >= 4 is 33.2 Å². The standard InChI is InChI=1S/C16H17ClN2O3S/c17-11-1-2-12-3-9-15(10-4-12)23(21,22)19-14-7-5-13(6-8-14)16(18)20/h3-10,19H,1-2,11H2,(H2,18,20). The van der Waals surface area contributed by atoms with Gasteiger partial charge >= 0.3 is 0 Å². The smallest absolute Gasteiger partial charge is 0.261 e. The number of sulfonamides is 1. The van der Waals surface area contributed by atoms with Gasteiger partial charge in [0.1, 0.15) is 0 Å². The first-order valence-corrected chi connectivity index (χ1v) is 9.02. The van der Waals surface area contributed by atoms with Crippen molar-refractivity contribution in [2.24, 2.45) is 5.73 Å². The first-order valence-electron chi connectivity index (χ1n) is 7.00. The number of carbonyl (C=O) groups is 1. The predicted octanol–water partition coefficient (Wildman–Crippen LogP) is 2.76. The molecule has 7 heteroatoms. The lowest BCUT2D eigenvalue weighted by atomic mass is 10.1. The molecule has 122 valence electrons. The quantitative estimate of drug-likeness (QED) is 0.751. The lowest BCUT2D eigenvalue weighted by Crippen LogP contribution is -2.14. The maximum atomic E-state index is 12.3. The molecule has 0 heterocycles. The highest BCUT2D eigenvalue weighted by atomic mass is 35.5. The van der Waals surface area contributed by atoms with E-state index in [2.05, 4.69) is 4.72 Å². The minimum atomic E-state index is -3.68. The average molecular weight is 353 g/mol. The van der Waals surface area contributed by atoms with Crippen molar-refractivity contribution < 1.29 is 13.2 Å². The molecule has 0 spiro atoms. The zero-order valence-corrected chi connectivity index (χ0v) is 13.9. The highest BCUT2D eigenvalue weighted by molar-refractivity contribution is 7.92. The summed E-state index contributed by atoms with van der Waals surface area (Å²) in [7, 11) is -3.68. The Morgan fingerprint density at radius 3 is 2.17 bits per heavy atom. The minimum absolute atomic E-state index is 0.172. The number of nitrogens with one attached hydrogen (secondary N) is 1. The summed E-state index contributed by atoms with van der Waals surface area (Å²) in [5, 5.41) is 0. The number of carbonyl (C=O) groups excluding carboxylic acids is 1. The third-order valence-electron chi connectivity index (χ3n) is 3.25. The van der Waals surface area contributed by atoms with Gasteiger partial charge in [-0.15, -0.1) is 11.6 Å². The van der Waals surface area contributed by atoms with Gasteiger partial charge in [-0.2, -0.15) is 0 Å². The summed E-state index contributed by atoms with van der Waals surface area (Å²) < 4.78 is 27.1. The van der Waals surface area contributed by atoms with E-state index >= 15 is 0 Å². The number of primary amides is 1. The second-order valence-electron chi connectivity index (χ2n) is 4.98. The van der Waals surface area contributed by atoms with E-state index in [0.29, 0.717) is 17.1 Å². The summed E-state index contributed by atoms with van der Waals surface area (Å²) in [6.07, 6.45) is 1.66. The number of aryl methyl sites for hydroxylation is 1. The zero-order chi connectivity index (χ0) is 16.9. The van der Waals surface area contributed by atoms with Crippen LogP contribution in [-0.4, -0.2) is 20.2 Å². The number of benzene rings is 2. The number of rotatable bonds is 7. The zero-order valence-electron chi connectivity index (χ0n) is 12.3. The number of anilines is 1. The Balaban J connectivity index is 2.13. The fourth-order valence-corrected chi connectivity index (χ4v) is 3.22. The van der Waals surface area contributed by atoms with E-state index in [4.69, 9.17) is 17.3 Å². The molecular formula is C16H17ClN2O3S. The summed E-state index contributed by atoms with van der Waals surface area (Å²) in [5.41, 5.74) is 6.86. The van der Waals surface area contributed by atoms with Gasteiger partial charge in [0.25, 0.3) is 10.0 Å².